The van der Waals surface area contributed by atoms with E-state index in [1.807, 2.05) is 0 Å². The van der Waals surface area contributed by atoms with Crippen molar-refractivity contribution in [1.82, 2.24) is 15.3 Å². The molecule has 148 valence electrons. The number of pyridine rings is 2. The molecule has 28 heavy (non-hydrogen) atoms. The Kier molecular flexibility index (Phi) is 5.15. The minimum atomic E-state index is -4.66. The number of alkyl halides is 7. The van der Waals surface area contributed by atoms with Crippen LogP contribution in [0.3, 0.4) is 0 Å². The second-order valence-corrected chi connectivity index (χ2v) is 5.74. The minimum Gasteiger partial charge on any atom is -0.326 e. The van der Waals surface area contributed by atoms with Crippen molar-refractivity contribution in [2.24, 2.45) is 9.98 Å². The summed E-state index contributed by atoms with van der Waals surface area (Å²) < 4.78 is 76.7. The number of anilines is 1. The van der Waals surface area contributed by atoms with Gasteiger partial charge in [-0.05, 0) is 24.3 Å². The minimum absolute atomic E-state index is 0.0179. The van der Waals surface area contributed by atoms with Crippen molar-refractivity contribution in [3.8, 4) is 0 Å². The fourth-order valence-corrected chi connectivity index (χ4v) is 2.33. The summed E-state index contributed by atoms with van der Waals surface area (Å²) in [7, 11) is 0. The molecule has 2 aromatic heterocycles. The van der Waals surface area contributed by atoms with Crippen LogP contribution >= 0.6 is 11.6 Å². The summed E-state index contributed by atoms with van der Waals surface area (Å²) >= 11 is 5.86. The molecule has 0 amide bonds. The molecule has 3 rings (SSSR count). The van der Waals surface area contributed by atoms with Crippen LogP contribution in [0.1, 0.15) is 17.1 Å². The molecule has 2 N–H and O–H groups in total. The molecular weight excluding hydrogens is 414 g/mol. The van der Waals surface area contributed by atoms with Crippen LogP contribution in [0.5, 0.6) is 0 Å². The van der Waals surface area contributed by atoms with Crippen molar-refractivity contribution in [2.75, 3.05) is 5.32 Å². The molecular formula is C15H9ClF6N6. The number of aromatic nitrogens is 2. The molecule has 0 radical (unpaired) electrons. The van der Waals surface area contributed by atoms with E-state index in [1.54, 1.807) is 0 Å². The lowest BCUT2D eigenvalue weighted by Gasteiger charge is -2.20. The van der Waals surface area contributed by atoms with Crippen molar-refractivity contribution in [3.63, 3.8) is 0 Å². The number of hydrogen-bond acceptors (Lipinski definition) is 6. The first-order valence-corrected chi connectivity index (χ1v) is 7.87. The van der Waals surface area contributed by atoms with E-state index in [4.69, 9.17) is 11.6 Å². The van der Waals surface area contributed by atoms with Gasteiger partial charge in [0.15, 0.2) is 5.84 Å². The number of amidine groups is 1. The fourth-order valence-electron chi connectivity index (χ4n) is 2.14. The quantitative estimate of drug-likeness (QED) is 0.438. The van der Waals surface area contributed by atoms with E-state index in [0.717, 1.165) is 24.4 Å². The van der Waals surface area contributed by atoms with Crippen LogP contribution in [0.25, 0.3) is 0 Å². The van der Waals surface area contributed by atoms with E-state index < -0.39 is 29.4 Å². The molecule has 1 aliphatic heterocycles. The van der Waals surface area contributed by atoms with Gasteiger partial charge in [0.25, 0.3) is 0 Å². The maximum atomic E-state index is 12.8. The lowest BCUT2D eigenvalue weighted by atomic mass is 10.2. The average molecular weight is 423 g/mol. The molecule has 3 heterocycles. The smallest absolute Gasteiger partial charge is 0.326 e. The molecule has 6 nitrogen and oxygen atoms in total. The van der Waals surface area contributed by atoms with Crippen molar-refractivity contribution in [2.45, 2.75) is 18.0 Å². The highest BCUT2D eigenvalue weighted by Gasteiger charge is 2.34. The van der Waals surface area contributed by atoms with Gasteiger partial charge >= 0.3 is 12.4 Å². The van der Waals surface area contributed by atoms with Crippen LogP contribution in [-0.4, -0.2) is 27.4 Å². The third-order valence-electron chi connectivity index (χ3n) is 3.30. The molecule has 13 heteroatoms. The summed E-state index contributed by atoms with van der Waals surface area (Å²) in [6.07, 6.45) is -8.37. The summed E-state index contributed by atoms with van der Waals surface area (Å²) in [5.41, 5.74) is -3.68. The number of aliphatic imine (C=N–C) groups is 2. The highest BCUT2D eigenvalue weighted by molar-refractivity contribution is 6.24. The van der Waals surface area contributed by atoms with Gasteiger partial charge in [-0.1, -0.05) is 17.7 Å². The molecule has 1 atom stereocenters. The van der Waals surface area contributed by atoms with Crippen molar-refractivity contribution < 1.29 is 26.3 Å². The zero-order valence-corrected chi connectivity index (χ0v) is 14.2. The average Bonchev–Trinajstić information content (AvgIpc) is 2.60. The van der Waals surface area contributed by atoms with Gasteiger partial charge in [-0.3, -0.25) is 4.98 Å². The number of guanidine groups is 1. The second-order valence-electron chi connectivity index (χ2n) is 5.35. The van der Waals surface area contributed by atoms with Gasteiger partial charge in [0.2, 0.25) is 11.6 Å². The highest BCUT2D eigenvalue weighted by atomic mass is 35.5. The molecule has 2 aromatic rings. The Morgan fingerprint density at radius 3 is 2.36 bits per heavy atom. The standard InChI is InChI=1S/C15H9ClF6N6/c16-12-26-11(8-2-1-3-9(25-8)14(17,18)19)27-13(28-12)24-7-4-5-23-10(6-7)15(20,21)22/h1-6,12H,(H2,23,24,26,27,28). The topological polar surface area (TPSA) is 74.6 Å². The lowest BCUT2D eigenvalue weighted by Crippen LogP contribution is -2.41. The molecule has 0 spiro atoms. The van der Waals surface area contributed by atoms with Gasteiger partial charge < -0.3 is 10.6 Å². The molecule has 0 bridgehead atoms. The van der Waals surface area contributed by atoms with Gasteiger partial charge in [0.1, 0.15) is 17.1 Å². The molecule has 0 aliphatic carbocycles. The van der Waals surface area contributed by atoms with Crippen LogP contribution < -0.4 is 10.6 Å². The van der Waals surface area contributed by atoms with Gasteiger partial charge in [0.05, 0.1) is 0 Å². The summed E-state index contributed by atoms with van der Waals surface area (Å²) in [6, 6.07) is 5.17. The molecule has 0 saturated heterocycles. The number of nitrogens with one attached hydrogen (secondary N) is 2. The molecule has 0 fully saturated rings. The van der Waals surface area contributed by atoms with E-state index in [0.29, 0.717) is 0 Å². The van der Waals surface area contributed by atoms with Crippen molar-refractivity contribution in [3.05, 3.63) is 53.6 Å². The predicted octanol–water partition coefficient (Wildman–Crippen LogP) is 3.85. The first-order chi connectivity index (χ1) is 13.0. The van der Waals surface area contributed by atoms with E-state index in [-0.39, 0.29) is 23.2 Å². The first-order valence-electron chi connectivity index (χ1n) is 7.44. The molecule has 1 aliphatic rings. The Hall–Kier alpha value is -2.89. The molecule has 1 unspecified atom stereocenters. The normalized spacial score (nSPS) is 17.5. The van der Waals surface area contributed by atoms with E-state index in [2.05, 4.69) is 30.6 Å². The van der Waals surface area contributed by atoms with Crippen molar-refractivity contribution >= 4 is 29.1 Å². The number of rotatable bonds is 2. The summed E-state index contributed by atoms with van der Waals surface area (Å²) in [5, 5.41) is 5.11. The second kappa shape index (κ2) is 7.26. The Labute approximate surface area is 158 Å². The number of hydrogen-bond donors (Lipinski definition) is 2. The SMILES string of the molecule is FC(F)(F)c1cc(NC2=NC(Cl)N=C(c3cccc(C(F)(F)F)n3)N2)ccn1. The first kappa shape index (κ1) is 19.9. The zero-order valence-electron chi connectivity index (χ0n) is 13.5. The predicted molar refractivity (Wildman–Crippen MR) is 88.8 cm³/mol. The Balaban J connectivity index is 1.82. The highest BCUT2D eigenvalue weighted by Crippen LogP contribution is 2.29. The van der Waals surface area contributed by atoms with E-state index in [9.17, 15) is 26.3 Å². The Morgan fingerprint density at radius 2 is 1.68 bits per heavy atom. The fraction of sp³-hybridized carbons (Fsp3) is 0.200. The van der Waals surface area contributed by atoms with Gasteiger partial charge in [0, 0.05) is 11.9 Å². The Bertz CT molecular complexity index is 939. The number of nitrogens with zero attached hydrogens (tertiary/aromatic N) is 4. The van der Waals surface area contributed by atoms with Crippen LogP contribution in [-0.2, 0) is 12.4 Å². The third kappa shape index (κ3) is 4.68. The van der Waals surface area contributed by atoms with Crippen molar-refractivity contribution in [1.29, 1.82) is 0 Å². The molecule has 0 aromatic carbocycles. The monoisotopic (exact) mass is 422 g/mol. The zero-order chi connectivity index (χ0) is 20.5. The van der Waals surface area contributed by atoms with Crippen LogP contribution in [0.15, 0.2) is 46.5 Å². The van der Waals surface area contributed by atoms with Gasteiger partial charge in [-0.15, -0.1) is 0 Å². The van der Waals surface area contributed by atoms with Crippen LogP contribution in [0.2, 0.25) is 0 Å². The summed E-state index contributed by atoms with van der Waals surface area (Å²) in [6.45, 7) is 0. The Morgan fingerprint density at radius 1 is 0.964 bits per heavy atom. The summed E-state index contributed by atoms with van der Waals surface area (Å²) in [5.74, 6) is -0.253. The van der Waals surface area contributed by atoms with Gasteiger partial charge in [-0.25, -0.2) is 15.0 Å². The van der Waals surface area contributed by atoms with Crippen LogP contribution in [0.4, 0.5) is 32.0 Å². The molecule has 0 saturated carbocycles. The van der Waals surface area contributed by atoms with Gasteiger partial charge in [-0.2, -0.15) is 26.3 Å². The largest absolute Gasteiger partial charge is 0.433 e. The van der Waals surface area contributed by atoms with E-state index in [1.165, 1.54) is 12.1 Å². The third-order valence-corrected chi connectivity index (χ3v) is 3.50. The lowest BCUT2D eigenvalue weighted by molar-refractivity contribution is -0.141. The summed E-state index contributed by atoms with van der Waals surface area (Å²) in [4.78, 5) is 14.4. The number of halogens is 7. The maximum absolute atomic E-state index is 12.8. The van der Waals surface area contributed by atoms with Crippen LogP contribution in [0, 0.1) is 0 Å². The maximum Gasteiger partial charge on any atom is 0.433 e. The van der Waals surface area contributed by atoms with E-state index >= 15 is 0 Å².